The van der Waals surface area contributed by atoms with Crippen molar-refractivity contribution in [3.63, 3.8) is 0 Å². The Kier molecular flexibility index (Phi) is 4.94. The number of hydrogen-bond acceptors (Lipinski definition) is 4. The monoisotopic (exact) mass is 262 g/mol. The summed E-state index contributed by atoms with van der Waals surface area (Å²) in [6, 6.07) is -0.524. The van der Waals surface area contributed by atoms with Gasteiger partial charge in [-0.05, 0) is 25.2 Å². The van der Waals surface area contributed by atoms with Gasteiger partial charge < -0.3 is 11.1 Å². The average Bonchev–Trinajstić information content (AvgIpc) is 2.59. The van der Waals surface area contributed by atoms with Crippen molar-refractivity contribution in [2.24, 2.45) is 11.7 Å². The van der Waals surface area contributed by atoms with Crippen molar-refractivity contribution in [1.82, 2.24) is 5.32 Å². The molecule has 5 nitrogen and oxygen atoms in total. The van der Waals surface area contributed by atoms with E-state index in [1.54, 1.807) is 0 Å². The molecule has 1 rings (SSSR count). The summed E-state index contributed by atoms with van der Waals surface area (Å²) in [5, 5.41) is 2.91. The second kappa shape index (κ2) is 5.82. The van der Waals surface area contributed by atoms with E-state index in [0.29, 0.717) is 5.92 Å². The van der Waals surface area contributed by atoms with E-state index in [9.17, 15) is 13.2 Å². The smallest absolute Gasteiger partial charge is 0.237 e. The summed E-state index contributed by atoms with van der Waals surface area (Å²) in [7, 11) is -3.05. The van der Waals surface area contributed by atoms with E-state index in [4.69, 9.17) is 5.73 Å². The van der Waals surface area contributed by atoms with Gasteiger partial charge in [0.1, 0.15) is 9.84 Å². The Labute approximate surface area is 103 Å². The maximum atomic E-state index is 11.7. The standard InChI is InChI=1S/C11H22N2O3S/c1-8-4-3-5-10(8)13-11(14)9(12)6-7-17(2,15)16/h8-10H,3-7,12H2,1-2H3,(H,13,14). The highest BCUT2D eigenvalue weighted by atomic mass is 32.2. The SMILES string of the molecule is CC1CCCC1NC(=O)C(N)CCS(C)(=O)=O. The Bertz CT molecular complexity index is 367. The molecule has 3 N–H and O–H groups in total. The Morgan fingerprint density at radius 2 is 2.12 bits per heavy atom. The van der Waals surface area contributed by atoms with Gasteiger partial charge in [0, 0.05) is 12.3 Å². The van der Waals surface area contributed by atoms with Crippen LogP contribution >= 0.6 is 0 Å². The zero-order chi connectivity index (χ0) is 13.1. The summed E-state index contributed by atoms with van der Waals surface area (Å²) >= 11 is 0. The molecule has 0 heterocycles. The van der Waals surface area contributed by atoms with Crippen LogP contribution in [-0.4, -0.2) is 38.4 Å². The molecule has 1 amide bonds. The normalized spacial score (nSPS) is 26.8. The number of carbonyl (C=O) groups is 1. The van der Waals surface area contributed by atoms with Gasteiger partial charge in [-0.2, -0.15) is 0 Å². The van der Waals surface area contributed by atoms with E-state index < -0.39 is 15.9 Å². The van der Waals surface area contributed by atoms with E-state index in [-0.39, 0.29) is 24.1 Å². The number of carbonyl (C=O) groups excluding carboxylic acids is 1. The van der Waals surface area contributed by atoms with Gasteiger partial charge in [-0.25, -0.2) is 8.42 Å². The summed E-state index contributed by atoms with van der Waals surface area (Å²) in [6.07, 6.45) is 4.59. The van der Waals surface area contributed by atoms with Crippen molar-refractivity contribution in [3.05, 3.63) is 0 Å². The van der Waals surface area contributed by atoms with Crippen LogP contribution in [0.15, 0.2) is 0 Å². The average molecular weight is 262 g/mol. The second-order valence-electron chi connectivity index (χ2n) is 5.05. The predicted molar refractivity (Wildman–Crippen MR) is 67.2 cm³/mol. The third kappa shape index (κ3) is 5.04. The van der Waals surface area contributed by atoms with Crippen molar-refractivity contribution >= 4 is 15.7 Å². The van der Waals surface area contributed by atoms with Crippen molar-refractivity contribution in [3.8, 4) is 0 Å². The molecular formula is C11H22N2O3S. The summed E-state index contributed by atoms with van der Waals surface area (Å²) in [5.41, 5.74) is 5.67. The van der Waals surface area contributed by atoms with Crippen LogP contribution in [0.5, 0.6) is 0 Å². The molecule has 0 aliphatic heterocycles. The lowest BCUT2D eigenvalue weighted by molar-refractivity contribution is -0.123. The lowest BCUT2D eigenvalue weighted by atomic mass is 10.1. The van der Waals surface area contributed by atoms with Crippen LogP contribution in [0.2, 0.25) is 0 Å². The molecule has 3 unspecified atom stereocenters. The number of nitrogens with one attached hydrogen (secondary N) is 1. The van der Waals surface area contributed by atoms with Crippen molar-refractivity contribution in [2.45, 2.75) is 44.7 Å². The maximum Gasteiger partial charge on any atom is 0.237 e. The first-order chi connectivity index (χ1) is 7.79. The van der Waals surface area contributed by atoms with E-state index in [0.717, 1.165) is 25.5 Å². The Morgan fingerprint density at radius 1 is 1.47 bits per heavy atom. The highest BCUT2D eigenvalue weighted by Gasteiger charge is 2.26. The number of amides is 1. The van der Waals surface area contributed by atoms with E-state index in [1.807, 2.05) is 0 Å². The fourth-order valence-corrected chi connectivity index (χ4v) is 2.80. The number of rotatable bonds is 5. The van der Waals surface area contributed by atoms with E-state index >= 15 is 0 Å². The molecular weight excluding hydrogens is 240 g/mol. The first kappa shape index (κ1) is 14.4. The molecule has 3 atom stereocenters. The summed E-state index contributed by atoms with van der Waals surface area (Å²) in [6.45, 7) is 2.11. The zero-order valence-corrected chi connectivity index (χ0v) is 11.3. The van der Waals surface area contributed by atoms with E-state index in [2.05, 4.69) is 12.2 Å². The van der Waals surface area contributed by atoms with Crippen molar-refractivity contribution in [1.29, 1.82) is 0 Å². The van der Waals surface area contributed by atoms with Gasteiger partial charge in [-0.1, -0.05) is 13.3 Å². The Morgan fingerprint density at radius 3 is 2.59 bits per heavy atom. The highest BCUT2D eigenvalue weighted by Crippen LogP contribution is 2.24. The molecule has 1 aliphatic rings. The third-order valence-electron chi connectivity index (χ3n) is 3.33. The van der Waals surface area contributed by atoms with Gasteiger partial charge in [0.2, 0.25) is 5.91 Å². The molecule has 1 saturated carbocycles. The summed E-state index contributed by atoms with van der Waals surface area (Å²) in [5.74, 6) is 0.218. The molecule has 6 heteroatoms. The molecule has 100 valence electrons. The summed E-state index contributed by atoms with van der Waals surface area (Å²) in [4.78, 5) is 11.7. The molecule has 0 aromatic carbocycles. The van der Waals surface area contributed by atoms with Crippen molar-refractivity contribution < 1.29 is 13.2 Å². The second-order valence-corrected chi connectivity index (χ2v) is 7.31. The minimum absolute atomic E-state index is 0.0399. The molecule has 0 spiro atoms. The zero-order valence-electron chi connectivity index (χ0n) is 10.5. The van der Waals surface area contributed by atoms with Crippen LogP contribution in [-0.2, 0) is 14.6 Å². The van der Waals surface area contributed by atoms with Gasteiger partial charge in [0.05, 0.1) is 11.8 Å². The van der Waals surface area contributed by atoms with Crippen LogP contribution in [0.4, 0.5) is 0 Å². The van der Waals surface area contributed by atoms with Gasteiger partial charge in [0.15, 0.2) is 0 Å². The van der Waals surface area contributed by atoms with Gasteiger partial charge >= 0.3 is 0 Å². The number of sulfone groups is 1. The summed E-state index contributed by atoms with van der Waals surface area (Å²) < 4.78 is 21.9. The first-order valence-corrected chi connectivity index (χ1v) is 8.09. The number of hydrogen-bond donors (Lipinski definition) is 2. The molecule has 0 saturated heterocycles. The molecule has 0 aromatic rings. The van der Waals surface area contributed by atoms with Crippen LogP contribution in [0.3, 0.4) is 0 Å². The van der Waals surface area contributed by atoms with E-state index in [1.165, 1.54) is 0 Å². The largest absolute Gasteiger partial charge is 0.352 e. The van der Waals surface area contributed by atoms with Crippen LogP contribution in [0.1, 0.15) is 32.6 Å². The minimum Gasteiger partial charge on any atom is -0.352 e. The molecule has 0 radical (unpaired) electrons. The topological polar surface area (TPSA) is 89.3 Å². The van der Waals surface area contributed by atoms with Crippen molar-refractivity contribution in [2.75, 3.05) is 12.0 Å². The molecule has 1 aliphatic carbocycles. The quantitative estimate of drug-likeness (QED) is 0.733. The van der Waals surface area contributed by atoms with Gasteiger partial charge in [0.25, 0.3) is 0 Å². The molecule has 17 heavy (non-hydrogen) atoms. The fourth-order valence-electron chi connectivity index (χ4n) is 2.12. The predicted octanol–water partition coefficient (Wildman–Crippen LogP) is 0.0532. The lowest BCUT2D eigenvalue weighted by Gasteiger charge is -2.20. The molecule has 1 fully saturated rings. The van der Waals surface area contributed by atoms with Crippen LogP contribution < -0.4 is 11.1 Å². The van der Waals surface area contributed by atoms with Crippen LogP contribution in [0, 0.1) is 5.92 Å². The Balaban J connectivity index is 2.36. The third-order valence-corrected chi connectivity index (χ3v) is 4.30. The fraction of sp³-hybridized carbons (Fsp3) is 0.909. The minimum atomic E-state index is -3.05. The van der Waals surface area contributed by atoms with Crippen LogP contribution in [0.25, 0.3) is 0 Å². The lowest BCUT2D eigenvalue weighted by Crippen LogP contribution is -2.46. The maximum absolute atomic E-state index is 11.7. The first-order valence-electron chi connectivity index (χ1n) is 6.03. The Hall–Kier alpha value is -0.620. The van der Waals surface area contributed by atoms with Gasteiger partial charge in [-0.3, -0.25) is 4.79 Å². The van der Waals surface area contributed by atoms with Gasteiger partial charge in [-0.15, -0.1) is 0 Å². The molecule has 0 bridgehead atoms. The molecule has 0 aromatic heterocycles. The number of nitrogens with two attached hydrogens (primary N) is 1. The highest BCUT2D eigenvalue weighted by molar-refractivity contribution is 7.90.